The van der Waals surface area contributed by atoms with Crippen LogP contribution in [0, 0.1) is 17.6 Å². The van der Waals surface area contributed by atoms with E-state index in [1.807, 2.05) is 39.8 Å². The zero-order valence-electron chi connectivity index (χ0n) is 22.2. The fraction of sp³-hybridized carbons (Fsp3) is 0.290. The van der Waals surface area contributed by atoms with Gasteiger partial charge >= 0.3 is 0 Å². The van der Waals surface area contributed by atoms with Gasteiger partial charge in [-0.05, 0) is 74.2 Å². The first-order chi connectivity index (χ1) is 19.3. The number of carbonyl (C=O) groups is 1. The van der Waals surface area contributed by atoms with E-state index in [9.17, 15) is 18.7 Å². The monoisotopic (exact) mass is 564 g/mol. The van der Waals surface area contributed by atoms with Crippen molar-refractivity contribution in [1.82, 2.24) is 14.5 Å². The quantitative estimate of drug-likeness (QED) is 0.241. The molecule has 0 aliphatic carbocycles. The fourth-order valence-electron chi connectivity index (χ4n) is 5.08. The van der Waals surface area contributed by atoms with Crippen LogP contribution < -0.4 is 5.32 Å². The van der Waals surface area contributed by atoms with Crippen LogP contribution in [0.15, 0.2) is 72.8 Å². The number of imidazole rings is 1. The lowest BCUT2D eigenvalue weighted by atomic mass is 9.92. The summed E-state index contributed by atoms with van der Waals surface area (Å²) in [6.45, 7) is 2.97. The minimum absolute atomic E-state index is 0.0226. The number of nitrogens with one attached hydrogen (secondary N) is 1. The standard InChI is InChI=1S/C31H31ClF2N4O2/c1-20(39)7-8-23(17-21-5-3-2-4-6-21)31(40)37-15-16-38-28(19-37)36-29(22-9-11-24(33)12-10-22)30(38)35-25-13-14-26(32)27(34)18-25/h2-6,9-14,18,20,23,35,39H,7-8,15-17,19H2,1H3/t20?,23-/m0/s1. The molecule has 2 N–H and O–H groups in total. The van der Waals surface area contributed by atoms with Crippen LogP contribution in [0.2, 0.25) is 5.02 Å². The summed E-state index contributed by atoms with van der Waals surface area (Å²) < 4.78 is 29.9. The molecule has 208 valence electrons. The van der Waals surface area contributed by atoms with Crippen LogP contribution in [0.25, 0.3) is 11.3 Å². The van der Waals surface area contributed by atoms with Crippen molar-refractivity contribution in [2.24, 2.45) is 5.92 Å². The smallest absolute Gasteiger partial charge is 0.226 e. The van der Waals surface area contributed by atoms with Gasteiger partial charge in [-0.15, -0.1) is 0 Å². The molecule has 2 heterocycles. The summed E-state index contributed by atoms with van der Waals surface area (Å²) in [6, 6.07) is 20.4. The molecule has 4 aromatic rings. The van der Waals surface area contributed by atoms with Crippen LogP contribution in [0.4, 0.5) is 20.3 Å². The molecule has 1 unspecified atom stereocenters. The highest BCUT2D eigenvalue weighted by atomic mass is 35.5. The molecular formula is C31H31ClF2N4O2. The zero-order valence-corrected chi connectivity index (χ0v) is 22.9. The lowest BCUT2D eigenvalue weighted by molar-refractivity contribution is -0.137. The summed E-state index contributed by atoms with van der Waals surface area (Å²) in [6.07, 6.45) is 1.21. The van der Waals surface area contributed by atoms with Gasteiger partial charge in [-0.1, -0.05) is 41.9 Å². The first-order valence-electron chi connectivity index (χ1n) is 13.4. The second-order valence-electron chi connectivity index (χ2n) is 10.2. The Morgan fingerprint density at radius 1 is 1.05 bits per heavy atom. The van der Waals surface area contributed by atoms with Gasteiger partial charge in [0.25, 0.3) is 0 Å². The van der Waals surface area contributed by atoms with Crippen LogP contribution >= 0.6 is 11.6 Å². The van der Waals surface area contributed by atoms with Crippen molar-refractivity contribution in [1.29, 1.82) is 0 Å². The molecule has 0 fully saturated rings. The second kappa shape index (κ2) is 12.2. The number of halogens is 3. The van der Waals surface area contributed by atoms with E-state index in [0.29, 0.717) is 67.5 Å². The number of rotatable bonds is 9. The molecule has 1 aromatic heterocycles. The summed E-state index contributed by atoms with van der Waals surface area (Å²) in [5, 5.41) is 13.2. The molecular weight excluding hydrogens is 534 g/mol. The minimum atomic E-state index is -0.549. The van der Waals surface area contributed by atoms with Gasteiger partial charge in [0.15, 0.2) is 0 Å². The first-order valence-corrected chi connectivity index (χ1v) is 13.7. The number of nitrogens with zero attached hydrogens (tertiary/aromatic N) is 3. The molecule has 0 saturated carbocycles. The highest BCUT2D eigenvalue weighted by Gasteiger charge is 2.31. The van der Waals surface area contributed by atoms with E-state index in [2.05, 4.69) is 5.32 Å². The van der Waals surface area contributed by atoms with Crippen molar-refractivity contribution in [2.45, 2.75) is 45.4 Å². The average molecular weight is 565 g/mol. The van der Waals surface area contributed by atoms with Crippen LogP contribution in [-0.4, -0.2) is 38.1 Å². The first kappa shape index (κ1) is 27.8. The Morgan fingerprint density at radius 3 is 2.50 bits per heavy atom. The highest BCUT2D eigenvalue weighted by molar-refractivity contribution is 6.30. The van der Waals surface area contributed by atoms with Gasteiger partial charge in [-0.3, -0.25) is 4.79 Å². The summed E-state index contributed by atoms with van der Waals surface area (Å²) in [5.74, 6) is 0.142. The Bertz CT molecular complexity index is 1470. The van der Waals surface area contributed by atoms with E-state index in [4.69, 9.17) is 16.6 Å². The van der Waals surface area contributed by atoms with Crippen LogP contribution in [0.3, 0.4) is 0 Å². The SMILES string of the molecule is CC(O)CC[C@@H](Cc1ccccc1)C(=O)N1CCn2c(nc(-c3ccc(F)cc3)c2Nc2ccc(Cl)c(F)c2)C1. The van der Waals surface area contributed by atoms with E-state index < -0.39 is 11.9 Å². The molecule has 40 heavy (non-hydrogen) atoms. The van der Waals surface area contributed by atoms with E-state index in [1.165, 1.54) is 24.3 Å². The Kier molecular flexibility index (Phi) is 8.47. The van der Waals surface area contributed by atoms with E-state index >= 15 is 0 Å². The highest BCUT2D eigenvalue weighted by Crippen LogP contribution is 2.34. The number of aliphatic hydroxyl groups is 1. The Hall–Kier alpha value is -3.75. The normalized spacial score (nSPS) is 14.5. The van der Waals surface area contributed by atoms with Crippen LogP contribution in [0.5, 0.6) is 0 Å². The zero-order chi connectivity index (χ0) is 28.2. The summed E-state index contributed by atoms with van der Waals surface area (Å²) in [4.78, 5) is 20.5. The molecule has 1 amide bonds. The predicted octanol–water partition coefficient (Wildman–Crippen LogP) is 6.59. The number of aliphatic hydroxyl groups excluding tert-OH is 1. The van der Waals surface area contributed by atoms with Crippen LogP contribution in [0.1, 0.15) is 31.2 Å². The minimum Gasteiger partial charge on any atom is -0.393 e. The van der Waals surface area contributed by atoms with Crippen molar-refractivity contribution in [3.05, 3.63) is 101 Å². The molecule has 9 heteroatoms. The molecule has 3 aromatic carbocycles. The lowest BCUT2D eigenvalue weighted by Gasteiger charge is -2.32. The number of amides is 1. The number of benzene rings is 3. The molecule has 2 atom stereocenters. The Labute approximate surface area is 237 Å². The molecule has 0 spiro atoms. The summed E-state index contributed by atoms with van der Waals surface area (Å²) in [5.41, 5.74) is 2.84. The third-order valence-electron chi connectivity index (χ3n) is 7.19. The number of anilines is 2. The van der Waals surface area contributed by atoms with E-state index in [1.54, 1.807) is 25.1 Å². The Balaban J connectivity index is 1.44. The van der Waals surface area contributed by atoms with Crippen molar-refractivity contribution in [3.8, 4) is 11.3 Å². The lowest BCUT2D eigenvalue weighted by Crippen LogP contribution is -2.42. The fourth-order valence-corrected chi connectivity index (χ4v) is 5.20. The number of carbonyl (C=O) groups excluding carboxylic acids is 1. The van der Waals surface area contributed by atoms with Gasteiger partial charge in [0.05, 0.1) is 17.7 Å². The number of hydrogen-bond acceptors (Lipinski definition) is 4. The van der Waals surface area contributed by atoms with Gasteiger partial charge in [-0.2, -0.15) is 0 Å². The summed E-state index contributed by atoms with van der Waals surface area (Å²) in [7, 11) is 0. The number of fused-ring (bicyclic) bond motifs is 1. The number of aromatic nitrogens is 2. The topological polar surface area (TPSA) is 70.4 Å². The van der Waals surface area contributed by atoms with Crippen LogP contribution in [-0.2, 0) is 24.3 Å². The largest absolute Gasteiger partial charge is 0.393 e. The average Bonchev–Trinajstić information content (AvgIpc) is 3.30. The maximum atomic E-state index is 14.2. The maximum Gasteiger partial charge on any atom is 0.226 e. The van der Waals surface area contributed by atoms with Gasteiger partial charge in [0.2, 0.25) is 5.91 Å². The second-order valence-corrected chi connectivity index (χ2v) is 10.6. The van der Waals surface area contributed by atoms with E-state index in [-0.39, 0.29) is 22.7 Å². The molecule has 0 radical (unpaired) electrons. The van der Waals surface area contributed by atoms with Crippen molar-refractivity contribution < 1.29 is 18.7 Å². The van der Waals surface area contributed by atoms with Gasteiger partial charge in [0.1, 0.15) is 29.0 Å². The van der Waals surface area contributed by atoms with Crippen molar-refractivity contribution >= 4 is 29.0 Å². The van der Waals surface area contributed by atoms with Crippen molar-refractivity contribution in [3.63, 3.8) is 0 Å². The van der Waals surface area contributed by atoms with Gasteiger partial charge < -0.3 is 19.9 Å². The molecule has 6 nitrogen and oxygen atoms in total. The number of hydrogen-bond donors (Lipinski definition) is 2. The van der Waals surface area contributed by atoms with Crippen molar-refractivity contribution in [2.75, 3.05) is 11.9 Å². The van der Waals surface area contributed by atoms with Gasteiger partial charge in [0, 0.05) is 30.3 Å². The molecule has 1 aliphatic rings. The Morgan fingerprint density at radius 2 is 1.80 bits per heavy atom. The third kappa shape index (κ3) is 6.35. The summed E-state index contributed by atoms with van der Waals surface area (Å²) >= 11 is 5.87. The predicted molar refractivity (Wildman–Crippen MR) is 152 cm³/mol. The third-order valence-corrected chi connectivity index (χ3v) is 7.50. The maximum absolute atomic E-state index is 14.2. The molecule has 1 aliphatic heterocycles. The molecule has 5 rings (SSSR count). The molecule has 0 bridgehead atoms. The van der Waals surface area contributed by atoms with E-state index in [0.717, 1.165) is 5.56 Å². The van der Waals surface area contributed by atoms with Gasteiger partial charge in [-0.25, -0.2) is 13.8 Å². The molecule has 0 saturated heterocycles.